The summed E-state index contributed by atoms with van der Waals surface area (Å²) in [4.78, 5) is 28.1. The Balaban J connectivity index is 1.94. The van der Waals surface area contributed by atoms with Crippen LogP contribution in [0.2, 0.25) is 0 Å². The fourth-order valence-corrected chi connectivity index (χ4v) is 3.28. The van der Waals surface area contributed by atoms with Crippen LogP contribution in [-0.2, 0) is 4.74 Å². The molecule has 0 saturated heterocycles. The van der Waals surface area contributed by atoms with E-state index in [4.69, 9.17) is 4.74 Å². The number of aromatic amines is 1. The van der Waals surface area contributed by atoms with E-state index in [2.05, 4.69) is 4.98 Å². The Labute approximate surface area is 158 Å². The van der Waals surface area contributed by atoms with Crippen molar-refractivity contribution in [2.24, 2.45) is 0 Å². The van der Waals surface area contributed by atoms with Crippen molar-refractivity contribution in [1.82, 2.24) is 4.98 Å². The van der Waals surface area contributed by atoms with E-state index in [9.17, 15) is 9.59 Å². The van der Waals surface area contributed by atoms with Gasteiger partial charge in [-0.3, -0.25) is 4.79 Å². The lowest BCUT2D eigenvalue weighted by Crippen LogP contribution is -2.42. The van der Waals surface area contributed by atoms with Crippen LogP contribution in [0.5, 0.6) is 0 Å². The highest BCUT2D eigenvalue weighted by Crippen LogP contribution is 2.22. The van der Waals surface area contributed by atoms with E-state index < -0.39 is 12.0 Å². The second-order valence-electron chi connectivity index (χ2n) is 6.56. The topological polar surface area (TPSA) is 63.0 Å². The number of aryl methyl sites for hydroxylation is 1. The first-order valence-electron chi connectivity index (χ1n) is 8.82. The second kappa shape index (κ2) is 7.58. The first-order valence-corrected chi connectivity index (χ1v) is 8.82. The summed E-state index contributed by atoms with van der Waals surface area (Å²) in [5.41, 5.74) is 4.25. The Morgan fingerprint density at radius 1 is 1.04 bits per heavy atom. The molecule has 138 valence electrons. The molecule has 2 heterocycles. The van der Waals surface area contributed by atoms with E-state index in [-0.39, 0.29) is 5.78 Å². The summed E-state index contributed by atoms with van der Waals surface area (Å²) in [5.74, 6) is -0.521. The molecule has 0 fully saturated rings. The number of nitrogens with one attached hydrogen (secondary N) is 1. The molecule has 3 aromatic rings. The molecule has 5 nitrogen and oxygen atoms in total. The average molecular weight is 363 g/mol. The monoisotopic (exact) mass is 363 g/mol. The number of aromatic nitrogens is 2. The number of esters is 1. The van der Waals surface area contributed by atoms with Crippen molar-refractivity contribution in [3.05, 3.63) is 77.4 Å². The average Bonchev–Trinajstić information content (AvgIpc) is 3.01. The van der Waals surface area contributed by atoms with E-state index in [1.54, 1.807) is 13.8 Å². The van der Waals surface area contributed by atoms with Gasteiger partial charge in [-0.05, 0) is 31.0 Å². The molecule has 0 radical (unpaired) electrons. The quantitative estimate of drug-likeness (QED) is 0.426. The zero-order valence-corrected chi connectivity index (χ0v) is 15.9. The molecule has 0 aliphatic carbocycles. The SMILES string of the molecule is COC(=O)c1c(C)[nH]c(C(=O)[C@H](C)[n+]2cccc(-c3ccccc3)c2)c1C. The maximum atomic E-state index is 13.1. The normalized spacial score (nSPS) is 11.9. The van der Waals surface area contributed by atoms with Crippen molar-refractivity contribution in [3.8, 4) is 11.1 Å². The third-order valence-corrected chi connectivity index (χ3v) is 4.83. The molecule has 0 bridgehead atoms. The van der Waals surface area contributed by atoms with Gasteiger partial charge in [0.25, 0.3) is 0 Å². The minimum Gasteiger partial charge on any atom is -0.465 e. The molecular weight excluding hydrogens is 340 g/mol. The summed E-state index contributed by atoms with van der Waals surface area (Å²) in [5, 5.41) is 0. The number of carbonyl (C=O) groups is 2. The number of ketones is 1. The van der Waals surface area contributed by atoms with Crippen LogP contribution >= 0.6 is 0 Å². The van der Waals surface area contributed by atoms with Crippen molar-refractivity contribution in [3.63, 3.8) is 0 Å². The van der Waals surface area contributed by atoms with Gasteiger partial charge in [0.2, 0.25) is 11.8 Å². The third-order valence-electron chi connectivity index (χ3n) is 4.83. The van der Waals surface area contributed by atoms with E-state index >= 15 is 0 Å². The Bertz CT molecular complexity index is 990. The Morgan fingerprint density at radius 3 is 2.37 bits per heavy atom. The fourth-order valence-electron chi connectivity index (χ4n) is 3.28. The summed E-state index contributed by atoms with van der Waals surface area (Å²) < 4.78 is 6.71. The maximum absolute atomic E-state index is 13.1. The van der Waals surface area contributed by atoms with Crippen LogP contribution in [-0.4, -0.2) is 23.8 Å². The first kappa shape index (κ1) is 18.6. The lowest BCUT2D eigenvalue weighted by Gasteiger charge is -2.08. The van der Waals surface area contributed by atoms with Gasteiger partial charge in [-0.25, -0.2) is 4.79 Å². The minimum atomic E-state index is -0.438. The molecule has 0 aliphatic heterocycles. The number of hydrogen-bond donors (Lipinski definition) is 1. The minimum absolute atomic E-state index is 0.0824. The van der Waals surface area contributed by atoms with Crippen LogP contribution in [0, 0.1) is 13.8 Å². The molecule has 1 N–H and O–H groups in total. The highest BCUT2D eigenvalue weighted by atomic mass is 16.5. The van der Waals surface area contributed by atoms with Crippen LogP contribution < -0.4 is 4.57 Å². The van der Waals surface area contributed by atoms with Crippen molar-refractivity contribution in [1.29, 1.82) is 0 Å². The van der Waals surface area contributed by atoms with Crippen molar-refractivity contribution < 1.29 is 18.9 Å². The Hall–Kier alpha value is -3.21. The van der Waals surface area contributed by atoms with E-state index in [1.807, 2.05) is 66.3 Å². The Morgan fingerprint density at radius 2 is 1.70 bits per heavy atom. The summed E-state index contributed by atoms with van der Waals surface area (Å²) in [6, 6.07) is 13.5. The Kier molecular flexibility index (Phi) is 5.21. The van der Waals surface area contributed by atoms with Crippen LogP contribution in [0.4, 0.5) is 0 Å². The van der Waals surface area contributed by atoms with Gasteiger partial charge in [-0.2, -0.15) is 4.57 Å². The largest absolute Gasteiger partial charge is 0.465 e. The number of nitrogens with zero attached hydrogens (tertiary/aromatic N) is 1. The summed E-state index contributed by atoms with van der Waals surface area (Å²) in [7, 11) is 1.34. The van der Waals surface area contributed by atoms with Crippen molar-refractivity contribution >= 4 is 11.8 Å². The van der Waals surface area contributed by atoms with Gasteiger partial charge in [0, 0.05) is 24.2 Å². The van der Waals surface area contributed by atoms with Gasteiger partial charge in [0.1, 0.15) is 0 Å². The highest BCUT2D eigenvalue weighted by molar-refractivity contribution is 6.02. The van der Waals surface area contributed by atoms with Gasteiger partial charge in [-0.15, -0.1) is 0 Å². The first-order chi connectivity index (χ1) is 12.9. The number of H-pyrrole nitrogens is 1. The smallest absolute Gasteiger partial charge is 0.339 e. The molecule has 2 aromatic heterocycles. The maximum Gasteiger partial charge on any atom is 0.339 e. The van der Waals surface area contributed by atoms with Gasteiger partial charge < -0.3 is 9.72 Å². The van der Waals surface area contributed by atoms with Crippen LogP contribution in [0.15, 0.2) is 54.9 Å². The fraction of sp³-hybridized carbons (Fsp3) is 0.227. The predicted molar refractivity (Wildman–Crippen MR) is 103 cm³/mol. The molecule has 3 rings (SSSR count). The van der Waals surface area contributed by atoms with E-state index in [1.165, 1.54) is 7.11 Å². The summed E-state index contributed by atoms with van der Waals surface area (Å²) in [6.45, 7) is 5.38. The molecule has 0 amide bonds. The number of Topliss-reactive ketones (excluding diaryl/α,β-unsaturated/α-hetero) is 1. The number of rotatable bonds is 5. The zero-order chi connectivity index (χ0) is 19.6. The number of pyridine rings is 1. The number of benzene rings is 1. The van der Waals surface area contributed by atoms with Crippen LogP contribution in [0.25, 0.3) is 11.1 Å². The molecule has 1 aromatic carbocycles. The molecule has 0 saturated carbocycles. The molecule has 0 unspecified atom stereocenters. The lowest BCUT2D eigenvalue weighted by molar-refractivity contribution is -0.704. The molecular formula is C22H23N2O3+. The van der Waals surface area contributed by atoms with Gasteiger partial charge in [0.15, 0.2) is 12.4 Å². The van der Waals surface area contributed by atoms with E-state index in [0.717, 1.165) is 11.1 Å². The van der Waals surface area contributed by atoms with Gasteiger partial charge >= 0.3 is 5.97 Å². The van der Waals surface area contributed by atoms with Crippen molar-refractivity contribution in [2.75, 3.05) is 7.11 Å². The number of hydrogen-bond acceptors (Lipinski definition) is 3. The number of carbonyl (C=O) groups excluding carboxylic acids is 2. The zero-order valence-electron chi connectivity index (χ0n) is 15.9. The second-order valence-corrected chi connectivity index (χ2v) is 6.56. The van der Waals surface area contributed by atoms with Gasteiger partial charge in [-0.1, -0.05) is 30.3 Å². The molecule has 27 heavy (non-hydrogen) atoms. The highest BCUT2D eigenvalue weighted by Gasteiger charge is 2.30. The predicted octanol–water partition coefficient (Wildman–Crippen LogP) is 3.82. The van der Waals surface area contributed by atoms with Crippen LogP contribution in [0.1, 0.15) is 45.1 Å². The molecule has 1 atom stereocenters. The number of ether oxygens (including phenoxy) is 1. The van der Waals surface area contributed by atoms with Gasteiger partial charge in [0.05, 0.1) is 18.4 Å². The standard InChI is InChI=1S/C22H22N2O3/c1-14-19(22(26)27-4)15(2)23-20(14)21(25)16(3)24-12-8-11-18(13-24)17-9-6-5-7-10-17/h5-13,16H,1-4H3/p+1/t16-/m0/s1. The summed E-state index contributed by atoms with van der Waals surface area (Å²) >= 11 is 0. The third kappa shape index (κ3) is 3.53. The van der Waals surface area contributed by atoms with Crippen LogP contribution in [0.3, 0.4) is 0 Å². The molecule has 5 heteroatoms. The summed E-state index contributed by atoms with van der Waals surface area (Å²) in [6.07, 6.45) is 3.84. The number of methoxy groups -OCH3 is 1. The van der Waals surface area contributed by atoms with Crippen molar-refractivity contribution in [2.45, 2.75) is 26.8 Å². The molecule has 0 spiro atoms. The lowest BCUT2D eigenvalue weighted by atomic mass is 10.0. The molecule has 0 aliphatic rings. The van der Waals surface area contributed by atoms with E-state index in [0.29, 0.717) is 22.5 Å².